The Labute approximate surface area is 106 Å². The van der Waals surface area contributed by atoms with E-state index in [0.717, 1.165) is 11.3 Å². The van der Waals surface area contributed by atoms with Gasteiger partial charge in [-0.1, -0.05) is 17.7 Å². The molecule has 0 atom stereocenters. The van der Waals surface area contributed by atoms with E-state index >= 15 is 0 Å². The third kappa shape index (κ3) is 2.66. The van der Waals surface area contributed by atoms with Gasteiger partial charge in [0.05, 0.1) is 5.56 Å². The molecule has 0 bridgehead atoms. The van der Waals surface area contributed by atoms with E-state index in [0.29, 0.717) is 11.4 Å². The number of rotatable bonds is 3. The average molecular weight is 241 g/mol. The average Bonchev–Trinajstić information content (AvgIpc) is 2.40. The van der Waals surface area contributed by atoms with Crippen LogP contribution in [-0.2, 0) is 0 Å². The number of aromatic nitrogens is 1. The molecule has 0 fully saturated rings. The van der Waals surface area contributed by atoms with E-state index in [1.165, 1.54) is 0 Å². The first-order chi connectivity index (χ1) is 8.70. The third-order valence-corrected chi connectivity index (χ3v) is 2.60. The van der Waals surface area contributed by atoms with Crippen molar-refractivity contribution in [2.24, 2.45) is 0 Å². The summed E-state index contributed by atoms with van der Waals surface area (Å²) in [6, 6.07) is 11.1. The van der Waals surface area contributed by atoms with Crippen LogP contribution in [0.4, 0.5) is 11.5 Å². The molecule has 2 N–H and O–H groups in total. The highest BCUT2D eigenvalue weighted by atomic mass is 16.1. The van der Waals surface area contributed by atoms with Crippen LogP contribution in [0.5, 0.6) is 0 Å². The van der Waals surface area contributed by atoms with Crippen LogP contribution < -0.4 is 10.6 Å². The van der Waals surface area contributed by atoms with Crippen molar-refractivity contribution >= 4 is 17.4 Å². The third-order valence-electron chi connectivity index (χ3n) is 2.60. The van der Waals surface area contributed by atoms with Gasteiger partial charge in [-0.3, -0.25) is 4.79 Å². The Morgan fingerprint density at radius 2 is 2.06 bits per heavy atom. The van der Waals surface area contributed by atoms with Crippen LogP contribution in [0, 0.1) is 6.92 Å². The van der Waals surface area contributed by atoms with Crippen molar-refractivity contribution in [1.82, 2.24) is 4.98 Å². The highest BCUT2D eigenvalue weighted by Gasteiger charge is 2.11. The van der Waals surface area contributed by atoms with Crippen molar-refractivity contribution in [3.63, 3.8) is 0 Å². The quantitative estimate of drug-likeness (QED) is 0.868. The Kier molecular flexibility index (Phi) is 3.57. The number of hydrogen-bond acceptors (Lipinski definition) is 3. The van der Waals surface area contributed by atoms with Gasteiger partial charge in [0.25, 0.3) is 5.91 Å². The summed E-state index contributed by atoms with van der Waals surface area (Å²) in [5.74, 6) is 0.382. The van der Waals surface area contributed by atoms with E-state index in [1.54, 1.807) is 25.4 Å². The van der Waals surface area contributed by atoms with E-state index in [9.17, 15) is 4.79 Å². The summed E-state index contributed by atoms with van der Waals surface area (Å²) < 4.78 is 0. The van der Waals surface area contributed by atoms with Crippen molar-refractivity contribution in [2.45, 2.75) is 6.92 Å². The number of pyridine rings is 1. The maximum atomic E-state index is 12.2. The molecule has 4 nitrogen and oxygen atoms in total. The second-order valence-corrected chi connectivity index (χ2v) is 3.97. The molecule has 92 valence electrons. The first-order valence-electron chi connectivity index (χ1n) is 5.71. The zero-order valence-electron chi connectivity index (χ0n) is 10.4. The second kappa shape index (κ2) is 5.31. The van der Waals surface area contributed by atoms with Crippen LogP contribution in [0.15, 0.2) is 42.6 Å². The van der Waals surface area contributed by atoms with E-state index in [4.69, 9.17) is 0 Å². The summed E-state index contributed by atoms with van der Waals surface area (Å²) in [6.07, 6.45) is 1.64. The number of nitrogens with one attached hydrogen (secondary N) is 2. The highest BCUT2D eigenvalue weighted by molar-refractivity contribution is 6.07. The topological polar surface area (TPSA) is 54.0 Å². The van der Waals surface area contributed by atoms with E-state index in [-0.39, 0.29) is 5.91 Å². The van der Waals surface area contributed by atoms with Crippen LogP contribution in [-0.4, -0.2) is 17.9 Å². The van der Waals surface area contributed by atoms with Crippen LogP contribution >= 0.6 is 0 Å². The molecule has 1 heterocycles. The van der Waals surface area contributed by atoms with Gasteiger partial charge in [-0.15, -0.1) is 0 Å². The van der Waals surface area contributed by atoms with Crippen LogP contribution in [0.3, 0.4) is 0 Å². The Balaban J connectivity index is 2.26. The number of carbonyl (C=O) groups is 1. The molecule has 0 saturated heterocycles. The van der Waals surface area contributed by atoms with Gasteiger partial charge < -0.3 is 10.6 Å². The lowest BCUT2D eigenvalue weighted by Crippen LogP contribution is -2.15. The minimum absolute atomic E-state index is 0.165. The van der Waals surface area contributed by atoms with Crippen LogP contribution in [0.2, 0.25) is 0 Å². The largest absolute Gasteiger partial charge is 0.387 e. The fraction of sp³-hybridized carbons (Fsp3) is 0.143. The maximum absolute atomic E-state index is 12.2. The summed E-state index contributed by atoms with van der Waals surface area (Å²) in [5, 5.41) is 5.78. The number of hydrogen-bond donors (Lipinski definition) is 2. The van der Waals surface area contributed by atoms with Crippen molar-refractivity contribution < 1.29 is 4.79 Å². The molecule has 0 radical (unpaired) electrons. The maximum Gasteiger partial charge on any atom is 0.258 e. The summed E-state index contributed by atoms with van der Waals surface area (Å²) in [6.45, 7) is 1.96. The van der Waals surface area contributed by atoms with Gasteiger partial charge in [-0.25, -0.2) is 4.98 Å². The Bertz CT molecular complexity index is 552. The van der Waals surface area contributed by atoms with Gasteiger partial charge in [0.1, 0.15) is 5.82 Å². The standard InChI is InChI=1S/C14H15N3O/c1-10-6-7-12(15-2)11(9-10)14(18)17-13-5-3-4-8-16-13/h3-9,15H,1-2H3,(H,16,17,18). The summed E-state index contributed by atoms with van der Waals surface area (Å²) in [4.78, 5) is 16.2. The normalized spacial score (nSPS) is 9.89. The monoisotopic (exact) mass is 241 g/mol. The van der Waals surface area contributed by atoms with Crippen molar-refractivity contribution in [3.05, 3.63) is 53.7 Å². The summed E-state index contributed by atoms with van der Waals surface area (Å²) in [7, 11) is 1.79. The first kappa shape index (κ1) is 12.1. The Hall–Kier alpha value is -2.36. The molecule has 1 aromatic heterocycles. The molecule has 0 aliphatic carbocycles. The van der Waals surface area contributed by atoms with Gasteiger partial charge in [0.15, 0.2) is 0 Å². The molecule has 0 spiro atoms. The zero-order valence-corrected chi connectivity index (χ0v) is 10.4. The minimum Gasteiger partial charge on any atom is -0.387 e. The number of nitrogens with zero attached hydrogens (tertiary/aromatic N) is 1. The molecule has 1 amide bonds. The molecular formula is C14H15N3O. The number of carbonyl (C=O) groups excluding carboxylic acids is 1. The molecule has 0 saturated carbocycles. The number of anilines is 2. The van der Waals surface area contributed by atoms with Gasteiger partial charge >= 0.3 is 0 Å². The molecule has 0 aliphatic rings. The van der Waals surface area contributed by atoms with Gasteiger partial charge in [-0.05, 0) is 31.2 Å². The van der Waals surface area contributed by atoms with Crippen molar-refractivity contribution in [3.8, 4) is 0 Å². The smallest absolute Gasteiger partial charge is 0.258 e. The molecular weight excluding hydrogens is 226 g/mol. The molecule has 18 heavy (non-hydrogen) atoms. The molecule has 4 heteroatoms. The highest BCUT2D eigenvalue weighted by Crippen LogP contribution is 2.18. The molecule has 1 aromatic carbocycles. The predicted molar refractivity (Wildman–Crippen MR) is 72.9 cm³/mol. The molecule has 2 rings (SSSR count). The molecule has 0 aliphatic heterocycles. The van der Waals surface area contributed by atoms with Crippen molar-refractivity contribution in [1.29, 1.82) is 0 Å². The number of aryl methyl sites for hydroxylation is 1. The van der Waals surface area contributed by atoms with Gasteiger partial charge in [0, 0.05) is 18.9 Å². The lowest BCUT2D eigenvalue weighted by molar-refractivity contribution is 0.102. The van der Waals surface area contributed by atoms with E-state index in [2.05, 4.69) is 15.6 Å². The fourth-order valence-corrected chi connectivity index (χ4v) is 1.68. The lowest BCUT2D eigenvalue weighted by Gasteiger charge is -2.10. The van der Waals surface area contributed by atoms with Crippen molar-refractivity contribution in [2.75, 3.05) is 17.7 Å². The lowest BCUT2D eigenvalue weighted by atomic mass is 10.1. The second-order valence-electron chi connectivity index (χ2n) is 3.97. The van der Waals surface area contributed by atoms with E-state index in [1.807, 2.05) is 31.2 Å². The number of amides is 1. The predicted octanol–water partition coefficient (Wildman–Crippen LogP) is 2.68. The van der Waals surface area contributed by atoms with Crippen LogP contribution in [0.1, 0.15) is 15.9 Å². The minimum atomic E-state index is -0.165. The van der Waals surface area contributed by atoms with E-state index < -0.39 is 0 Å². The van der Waals surface area contributed by atoms with Crippen LogP contribution in [0.25, 0.3) is 0 Å². The van der Waals surface area contributed by atoms with Gasteiger partial charge in [-0.2, -0.15) is 0 Å². The van der Waals surface area contributed by atoms with Gasteiger partial charge in [0.2, 0.25) is 0 Å². The number of benzene rings is 1. The zero-order chi connectivity index (χ0) is 13.0. The summed E-state index contributed by atoms with van der Waals surface area (Å²) >= 11 is 0. The fourth-order valence-electron chi connectivity index (χ4n) is 1.68. The summed E-state index contributed by atoms with van der Waals surface area (Å²) in [5.41, 5.74) is 2.46. The molecule has 0 unspecified atom stereocenters. The SMILES string of the molecule is CNc1ccc(C)cc1C(=O)Nc1ccccn1. The molecule has 2 aromatic rings. The Morgan fingerprint density at radius 3 is 2.72 bits per heavy atom. The first-order valence-corrected chi connectivity index (χ1v) is 5.71. The Morgan fingerprint density at radius 1 is 1.22 bits per heavy atom.